The number of hydrogen-bond donors (Lipinski definition) is 0. The van der Waals surface area contributed by atoms with Gasteiger partial charge in [0.2, 0.25) is 0 Å². The van der Waals surface area contributed by atoms with E-state index in [1.54, 1.807) is 12.4 Å². The molecule has 3 rings (SSSR count). The van der Waals surface area contributed by atoms with Crippen LogP contribution in [0.25, 0.3) is 5.52 Å². The molecule has 1 aliphatic rings. The van der Waals surface area contributed by atoms with Crippen LogP contribution >= 0.6 is 11.6 Å². The molecule has 2 heterocycles. The molecular weight excluding hydrogens is 278 g/mol. The lowest BCUT2D eigenvalue weighted by Crippen LogP contribution is -2.23. The lowest BCUT2D eigenvalue weighted by Gasteiger charge is -2.27. The normalized spacial score (nSPS) is 22.9. The molecule has 0 aliphatic heterocycles. The van der Waals surface area contributed by atoms with Crippen molar-refractivity contribution in [2.24, 2.45) is 0 Å². The SMILES string of the molecule is CC(=O)OC1CCC(c2ncc3c(Cl)nccn23)CC1. The Bertz CT molecular complexity index is 632. The zero-order valence-electron chi connectivity index (χ0n) is 11.3. The number of carbonyl (C=O) groups is 1. The van der Waals surface area contributed by atoms with Crippen molar-refractivity contribution >= 4 is 23.1 Å². The molecule has 20 heavy (non-hydrogen) atoms. The summed E-state index contributed by atoms with van der Waals surface area (Å²) < 4.78 is 7.27. The van der Waals surface area contributed by atoms with Crippen molar-refractivity contribution in [1.29, 1.82) is 0 Å². The molecule has 2 aromatic heterocycles. The van der Waals surface area contributed by atoms with Crippen molar-refractivity contribution in [2.45, 2.75) is 44.6 Å². The van der Waals surface area contributed by atoms with Crippen molar-refractivity contribution in [3.8, 4) is 0 Å². The zero-order chi connectivity index (χ0) is 14.1. The highest BCUT2D eigenvalue weighted by atomic mass is 35.5. The Morgan fingerprint density at radius 3 is 2.80 bits per heavy atom. The molecule has 1 fully saturated rings. The molecule has 6 heteroatoms. The molecule has 1 saturated carbocycles. The second-order valence-corrected chi connectivity index (χ2v) is 5.53. The summed E-state index contributed by atoms with van der Waals surface area (Å²) in [5.74, 6) is 1.20. The Labute approximate surface area is 121 Å². The van der Waals surface area contributed by atoms with E-state index in [0.717, 1.165) is 37.0 Å². The summed E-state index contributed by atoms with van der Waals surface area (Å²) in [7, 11) is 0. The number of fused-ring (bicyclic) bond motifs is 1. The predicted octanol–water partition coefficient (Wildman–Crippen LogP) is 2.97. The molecule has 0 aromatic carbocycles. The van der Waals surface area contributed by atoms with Crippen molar-refractivity contribution in [3.05, 3.63) is 29.6 Å². The highest BCUT2D eigenvalue weighted by Gasteiger charge is 2.26. The maximum absolute atomic E-state index is 11.0. The quantitative estimate of drug-likeness (QED) is 0.799. The number of aromatic nitrogens is 3. The van der Waals surface area contributed by atoms with Gasteiger partial charge in [-0.25, -0.2) is 9.97 Å². The minimum Gasteiger partial charge on any atom is -0.463 e. The Morgan fingerprint density at radius 2 is 2.10 bits per heavy atom. The van der Waals surface area contributed by atoms with Crippen LogP contribution in [0, 0.1) is 0 Å². The van der Waals surface area contributed by atoms with Crippen molar-refractivity contribution in [3.63, 3.8) is 0 Å². The van der Waals surface area contributed by atoms with E-state index in [4.69, 9.17) is 16.3 Å². The summed E-state index contributed by atoms with van der Waals surface area (Å²) >= 11 is 6.06. The Balaban J connectivity index is 1.77. The largest absolute Gasteiger partial charge is 0.463 e. The molecule has 0 N–H and O–H groups in total. The smallest absolute Gasteiger partial charge is 0.302 e. The molecule has 1 aliphatic carbocycles. The fraction of sp³-hybridized carbons (Fsp3) is 0.500. The number of carbonyl (C=O) groups excluding carboxylic acids is 1. The van der Waals surface area contributed by atoms with Gasteiger partial charge in [-0.1, -0.05) is 11.6 Å². The van der Waals surface area contributed by atoms with E-state index in [-0.39, 0.29) is 12.1 Å². The monoisotopic (exact) mass is 293 g/mol. The number of imidazole rings is 1. The first-order valence-corrected chi connectivity index (χ1v) is 7.17. The fourth-order valence-electron chi connectivity index (χ4n) is 2.89. The van der Waals surface area contributed by atoms with Crippen LogP contribution in [0.1, 0.15) is 44.3 Å². The molecule has 0 saturated heterocycles. The molecular formula is C14H16ClN3O2. The molecule has 106 valence electrons. The third kappa shape index (κ3) is 2.50. The number of nitrogens with zero attached hydrogens (tertiary/aromatic N) is 3. The first kappa shape index (κ1) is 13.4. The van der Waals surface area contributed by atoms with Crippen LogP contribution in [0.3, 0.4) is 0 Å². The van der Waals surface area contributed by atoms with Gasteiger partial charge >= 0.3 is 5.97 Å². The van der Waals surface area contributed by atoms with Crippen LogP contribution in [-0.2, 0) is 9.53 Å². The highest BCUT2D eigenvalue weighted by molar-refractivity contribution is 6.32. The van der Waals surface area contributed by atoms with Gasteiger partial charge in [0, 0.05) is 25.2 Å². The predicted molar refractivity (Wildman–Crippen MR) is 74.8 cm³/mol. The third-order valence-electron chi connectivity index (χ3n) is 3.81. The molecule has 0 amide bonds. The third-order valence-corrected chi connectivity index (χ3v) is 4.10. The minimum atomic E-state index is -0.197. The fourth-order valence-corrected chi connectivity index (χ4v) is 3.09. The van der Waals surface area contributed by atoms with Crippen LogP contribution in [0.4, 0.5) is 0 Å². The summed E-state index contributed by atoms with van der Waals surface area (Å²) in [5, 5.41) is 0.472. The maximum atomic E-state index is 11.0. The van der Waals surface area contributed by atoms with Gasteiger partial charge in [0.05, 0.1) is 6.20 Å². The van der Waals surface area contributed by atoms with Crippen LogP contribution in [0.15, 0.2) is 18.6 Å². The summed E-state index contributed by atoms with van der Waals surface area (Å²) in [5.41, 5.74) is 0.839. The van der Waals surface area contributed by atoms with Gasteiger partial charge in [0.1, 0.15) is 17.4 Å². The van der Waals surface area contributed by atoms with Gasteiger partial charge in [-0.2, -0.15) is 0 Å². The Morgan fingerprint density at radius 1 is 1.35 bits per heavy atom. The first-order valence-electron chi connectivity index (χ1n) is 6.80. The van der Waals surface area contributed by atoms with Gasteiger partial charge in [-0.3, -0.25) is 9.20 Å². The Kier molecular flexibility index (Phi) is 3.61. The van der Waals surface area contributed by atoms with E-state index >= 15 is 0 Å². The highest BCUT2D eigenvalue weighted by Crippen LogP contribution is 2.34. The summed E-state index contributed by atoms with van der Waals surface area (Å²) in [6.45, 7) is 1.46. The second kappa shape index (κ2) is 5.40. The standard InChI is InChI=1S/C14H16ClN3O2/c1-9(19)20-11-4-2-10(3-5-11)14-17-8-12-13(15)16-6-7-18(12)14/h6-8,10-11H,2-5H2,1H3. The molecule has 5 nitrogen and oxygen atoms in total. The van der Waals surface area contributed by atoms with Crippen LogP contribution < -0.4 is 0 Å². The zero-order valence-corrected chi connectivity index (χ0v) is 12.0. The van der Waals surface area contributed by atoms with E-state index in [1.807, 2.05) is 10.6 Å². The van der Waals surface area contributed by atoms with Gasteiger partial charge in [-0.05, 0) is 25.7 Å². The van der Waals surface area contributed by atoms with Crippen molar-refractivity contribution in [2.75, 3.05) is 0 Å². The Hall–Kier alpha value is -1.62. The summed E-state index contributed by atoms with van der Waals surface area (Å²) in [6.07, 6.45) is 9.11. The summed E-state index contributed by atoms with van der Waals surface area (Å²) in [4.78, 5) is 19.5. The van der Waals surface area contributed by atoms with Crippen molar-refractivity contribution in [1.82, 2.24) is 14.4 Å². The van der Waals surface area contributed by atoms with Crippen molar-refractivity contribution < 1.29 is 9.53 Å². The minimum absolute atomic E-state index is 0.0558. The number of esters is 1. The molecule has 2 aromatic rings. The van der Waals surface area contributed by atoms with E-state index in [0.29, 0.717) is 11.1 Å². The lowest BCUT2D eigenvalue weighted by molar-refractivity contribution is -0.147. The molecule has 0 spiro atoms. The number of ether oxygens (including phenoxy) is 1. The van der Waals surface area contributed by atoms with E-state index < -0.39 is 0 Å². The topological polar surface area (TPSA) is 56.5 Å². The number of rotatable bonds is 2. The molecule has 0 bridgehead atoms. The van der Waals surface area contributed by atoms with Crippen LogP contribution in [-0.4, -0.2) is 26.4 Å². The second-order valence-electron chi connectivity index (χ2n) is 5.17. The number of halogens is 1. The lowest BCUT2D eigenvalue weighted by atomic mass is 9.87. The van der Waals surface area contributed by atoms with Crippen LogP contribution in [0.2, 0.25) is 5.15 Å². The van der Waals surface area contributed by atoms with Gasteiger partial charge < -0.3 is 4.74 Å². The molecule has 0 radical (unpaired) electrons. The molecule has 0 atom stereocenters. The number of hydrogen-bond acceptors (Lipinski definition) is 4. The average molecular weight is 294 g/mol. The van der Waals surface area contributed by atoms with Gasteiger partial charge in [0.15, 0.2) is 5.15 Å². The maximum Gasteiger partial charge on any atom is 0.302 e. The van der Waals surface area contributed by atoms with Gasteiger partial charge in [0.25, 0.3) is 0 Å². The van der Waals surface area contributed by atoms with E-state index in [2.05, 4.69) is 9.97 Å². The van der Waals surface area contributed by atoms with E-state index in [9.17, 15) is 4.79 Å². The van der Waals surface area contributed by atoms with Gasteiger partial charge in [-0.15, -0.1) is 0 Å². The first-order chi connectivity index (χ1) is 9.65. The van der Waals surface area contributed by atoms with Crippen LogP contribution in [0.5, 0.6) is 0 Å². The average Bonchev–Trinajstić information content (AvgIpc) is 2.84. The molecule has 0 unspecified atom stereocenters. The van der Waals surface area contributed by atoms with E-state index in [1.165, 1.54) is 6.92 Å². The summed E-state index contributed by atoms with van der Waals surface area (Å²) in [6, 6.07) is 0.